The van der Waals surface area contributed by atoms with Crippen LogP contribution in [0.15, 0.2) is 18.3 Å². The molecule has 0 aliphatic carbocycles. The summed E-state index contributed by atoms with van der Waals surface area (Å²) in [5, 5.41) is 3.67. The largest absolute Gasteiger partial charge is 0.353 e. The Morgan fingerprint density at radius 3 is 2.88 bits per heavy atom. The fourth-order valence-electron chi connectivity index (χ4n) is 2.40. The molecular weight excluding hydrogens is 198 g/mol. The Morgan fingerprint density at radius 2 is 2.25 bits per heavy atom. The first kappa shape index (κ1) is 11.7. The highest BCUT2D eigenvalue weighted by molar-refractivity contribution is 5.06. The van der Waals surface area contributed by atoms with Crippen LogP contribution in [0.3, 0.4) is 0 Å². The number of piperidine rings is 1. The second-order valence-electron chi connectivity index (χ2n) is 5.04. The molecule has 0 saturated carbocycles. The van der Waals surface area contributed by atoms with Gasteiger partial charge in [-0.15, -0.1) is 0 Å². The number of hydrogen-bond acceptors (Lipinski definition) is 2. The Balaban J connectivity index is 1.81. The molecule has 0 spiro atoms. The molecular formula is C13H23N3. The first-order chi connectivity index (χ1) is 7.66. The average Bonchev–Trinajstić information content (AvgIpc) is 2.66. The minimum absolute atomic E-state index is 0.682. The molecule has 1 aliphatic heterocycles. The van der Waals surface area contributed by atoms with E-state index < -0.39 is 0 Å². The number of hydrogen-bond donors (Lipinski definition) is 1. The van der Waals surface area contributed by atoms with Crippen LogP contribution in [-0.4, -0.2) is 35.1 Å². The second kappa shape index (κ2) is 5.02. The van der Waals surface area contributed by atoms with Crippen molar-refractivity contribution in [2.24, 2.45) is 7.05 Å². The molecule has 90 valence electrons. The van der Waals surface area contributed by atoms with E-state index in [1.54, 1.807) is 0 Å². The summed E-state index contributed by atoms with van der Waals surface area (Å²) in [5.74, 6) is 0. The third kappa shape index (κ3) is 2.66. The molecule has 2 heterocycles. The monoisotopic (exact) mass is 221 g/mol. The molecule has 0 radical (unpaired) electrons. The third-order valence-electron chi connectivity index (χ3n) is 3.83. The molecule has 0 amide bonds. The quantitative estimate of drug-likeness (QED) is 0.836. The molecule has 1 aliphatic rings. The van der Waals surface area contributed by atoms with Gasteiger partial charge in [0.2, 0.25) is 0 Å². The fraction of sp³-hybridized carbons (Fsp3) is 0.692. The van der Waals surface area contributed by atoms with Gasteiger partial charge in [-0.3, -0.25) is 0 Å². The van der Waals surface area contributed by atoms with Crippen molar-refractivity contribution in [1.29, 1.82) is 0 Å². The summed E-state index contributed by atoms with van der Waals surface area (Å²) in [6, 6.07) is 5.68. The van der Waals surface area contributed by atoms with Crippen molar-refractivity contribution in [2.75, 3.05) is 13.6 Å². The summed E-state index contributed by atoms with van der Waals surface area (Å²) in [4.78, 5) is 2.45. The Hall–Kier alpha value is -0.800. The van der Waals surface area contributed by atoms with Crippen molar-refractivity contribution in [3.63, 3.8) is 0 Å². The van der Waals surface area contributed by atoms with Gasteiger partial charge < -0.3 is 14.8 Å². The molecule has 1 fully saturated rings. The zero-order chi connectivity index (χ0) is 11.5. The molecule has 1 aromatic rings. The lowest BCUT2D eigenvalue weighted by molar-refractivity contribution is 0.168. The Bertz CT molecular complexity index is 332. The third-order valence-corrected chi connectivity index (χ3v) is 3.83. The van der Waals surface area contributed by atoms with Crippen molar-refractivity contribution >= 4 is 0 Å². The predicted octanol–water partition coefficient (Wildman–Crippen LogP) is 1.60. The number of aromatic nitrogens is 1. The van der Waals surface area contributed by atoms with Crippen LogP contribution in [0.1, 0.15) is 25.5 Å². The second-order valence-corrected chi connectivity index (χ2v) is 5.04. The van der Waals surface area contributed by atoms with Gasteiger partial charge in [0.05, 0.1) is 0 Å². The lowest BCUT2D eigenvalue weighted by Gasteiger charge is -2.35. The number of aryl methyl sites for hydroxylation is 1. The van der Waals surface area contributed by atoms with E-state index in [4.69, 9.17) is 0 Å². The van der Waals surface area contributed by atoms with Crippen LogP contribution in [0.2, 0.25) is 0 Å². The first-order valence-electron chi connectivity index (χ1n) is 6.20. The first-order valence-corrected chi connectivity index (χ1v) is 6.20. The van der Waals surface area contributed by atoms with Gasteiger partial charge in [0.1, 0.15) is 0 Å². The van der Waals surface area contributed by atoms with E-state index in [2.05, 4.69) is 54.1 Å². The van der Waals surface area contributed by atoms with Crippen molar-refractivity contribution in [1.82, 2.24) is 14.8 Å². The summed E-state index contributed by atoms with van der Waals surface area (Å²) < 4.78 is 2.19. The summed E-state index contributed by atoms with van der Waals surface area (Å²) >= 11 is 0. The number of rotatable bonds is 3. The van der Waals surface area contributed by atoms with Gasteiger partial charge in [0, 0.05) is 37.6 Å². The highest BCUT2D eigenvalue weighted by Crippen LogP contribution is 2.15. The highest BCUT2D eigenvalue weighted by Gasteiger charge is 2.22. The van der Waals surface area contributed by atoms with Gasteiger partial charge in [0.25, 0.3) is 0 Å². The topological polar surface area (TPSA) is 20.2 Å². The molecule has 0 aromatic carbocycles. The van der Waals surface area contributed by atoms with Crippen molar-refractivity contribution in [2.45, 2.75) is 38.4 Å². The van der Waals surface area contributed by atoms with Crippen LogP contribution < -0.4 is 5.32 Å². The van der Waals surface area contributed by atoms with E-state index in [1.165, 1.54) is 25.1 Å². The van der Waals surface area contributed by atoms with E-state index in [0.29, 0.717) is 12.1 Å². The molecule has 2 unspecified atom stereocenters. The SMILES string of the molecule is CC1CC(NCc2cccn2C)CCN1C. The Morgan fingerprint density at radius 1 is 1.44 bits per heavy atom. The fourth-order valence-corrected chi connectivity index (χ4v) is 2.40. The van der Waals surface area contributed by atoms with E-state index >= 15 is 0 Å². The molecule has 0 bridgehead atoms. The summed E-state index contributed by atoms with van der Waals surface area (Å²) in [6.45, 7) is 4.52. The van der Waals surface area contributed by atoms with Gasteiger partial charge in [0.15, 0.2) is 0 Å². The van der Waals surface area contributed by atoms with E-state index in [0.717, 1.165) is 6.54 Å². The molecule has 3 nitrogen and oxygen atoms in total. The molecule has 1 aromatic heterocycles. The van der Waals surface area contributed by atoms with Crippen LogP contribution in [0.25, 0.3) is 0 Å². The number of nitrogens with zero attached hydrogens (tertiary/aromatic N) is 2. The van der Waals surface area contributed by atoms with E-state index in [9.17, 15) is 0 Å². The average molecular weight is 221 g/mol. The maximum absolute atomic E-state index is 3.67. The predicted molar refractivity (Wildman–Crippen MR) is 67.4 cm³/mol. The molecule has 2 rings (SSSR count). The van der Waals surface area contributed by atoms with Crippen LogP contribution in [-0.2, 0) is 13.6 Å². The maximum atomic E-state index is 3.67. The Labute approximate surface area is 98.4 Å². The standard InChI is InChI=1S/C13H23N3/c1-11-9-12(6-8-15(11)2)14-10-13-5-4-7-16(13)3/h4-5,7,11-12,14H,6,8-10H2,1-3H3. The van der Waals surface area contributed by atoms with Gasteiger partial charge in [-0.1, -0.05) is 0 Å². The lowest BCUT2D eigenvalue weighted by atomic mass is 9.99. The lowest BCUT2D eigenvalue weighted by Crippen LogP contribution is -2.45. The van der Waals surface area contributed by atoms with Gasteiger partial charge in [-0.2, -0.15) is 0 Å². The molecule has 2 atom stereocenters. The highest BCUT2D eigenvalue weighted by atomic mass is 15.1. The van der Waals surface area contributed by atoms with Crippen LogP contribution >= 0.6 is 0 Å². The number of likely N-dealkylation sites (tertiary alicyclic amines) is 1. The molecule has 3 heteroatoms. The minimum atomic E-state index is 0.682. The van der Waals surface area contributed by atoms with Crippen molar-refractivity contribution in [3.8, 4) is 0 Å². The van der Waals surface area contributed by atoms with E-state index in [1.807, 2.05) is 0 Å². The summed E-state index contributed by atoms with van der Waals surface area (Å²) in [6.07, 6.45) is 4.64. The normalized spacial score (nSPS) is 27.2. The maximum Gasteiger partial charge on any atom is 0.0361 e. The van der Waals surface area contributed by atoms with Gasteiger partial charge in [-0.25, -0.2) is 0 Å². The minimum Gasteiger partial charge on any atom is -0.353 e. The van der Waals surface area contributed by atoms with Crippen LogP contribution in [0.4, 0.5) is 0 Å². The number of nitrogens with one attached hydrogen (secondary N) is 1. The van der Waals surface area contributed by atoms with Gasteiger partial charge >= 0.3 is 0 Å². The van der Waals surface area contributed by atoms with Crippen molar-refractivity contribution < 1.29 is 0 Å². The molecule has 1 saturated heterocycles. The zero-order valence-corrected chi connectivity index (χ0v) is 10.6. The molecule has 16 heavy (non-hydrogen) atoms. The van der Waals surface area contributed by atoms with Crippen LogP contribution in [0, 0.1) is 0 Å². The Kier molecular flexibility index (Phi) is 3.66. The van der Waals surface area contributed by atoms with Crippen molar-refractivity contribution in [3.05, 3.63) is 24.0 Å². The summed E-state index contributed by atoms with van der Waals surface area (Å²) in [7, 11) is 4.33. The smallest absolute Gasteiger partial charge is 0.0361 e. The van der Waals surface area contributed by atoms with Crippen LogP contribution in [0.5, 0.6) is 0 Å². The van der Waals surface area contributed by atoms with Gasteiger partial charge in [-0.05, 0) is 45.5 Å². The molecule has 1 N–H and O–H groups in total. The zero-order valence-electron chi connectivity index (χ0n) is 10.6. The van der Waals surface area contributed by atoms with E-state index in [-0.39, 0.29) is 0 Å². The summed E-state index contributed by atoms with van der Waals surface area (Å²) in [5.41, 5.74) is 1.37.